The maximum atomic E-state index is 12.9. The number of carbonyl (C=O) groups excluding carboxylic acids is 1. The molecule has 0 radical (unpaired) electrons. The van der Waals surface area contributed by atoms with Crippen LogP contribution in [0.25, 0.3) is 0 Å². The highest BCUT2D eigenvalue weighted by Gasteiger charge is 2.05. The van der Waals surface area contributed by atoms with Crippen molar-refractivity contribution in [3.8, 4) is 0 Å². The topological polar surface area (TPSA) is 66.9 Å². The van der Waals surface area contributed by atoms with Crippen LogP contribution in [-0.4, -0.2) is 16.1 Å². The summed E-state index contributed by atoms with van der Waals surface area (Å²) < 4.78 is 12.9. The normalized spacial score (nSPS) is 10.2. The number of carbonyl (C=O) groups is 1. The predicted octanol–water partition coefficient (Wildman–Crippen LogP) is 3.54. The Hall–Kier alpha value is -3.28. The van der Waals surface area contributed by atoms with Crippen molar-refractivity contribution in [1.29, 1.82) is 0 Å². The second-order valence-electron chi connectivity index (χ2n) is 5.15. The quantitative estimate of drug-likeness (QED) is 0.754. The van der Waals surface area contributed by atoms with Gasteiger partial charge in [-0.1, -0.05) is 30.3 Å². The molecule has 6 heteroatoms. The zero-order chi connectivity index (χ0) is 16.8. The molecule has 3 rings (SSSR count). The largest absolute Gasteiger partial charge is 0.339 e. The summed E-state index contributed by atoms with van der Waals surface area (Å²) >= 11 is 0. The second kappa shape index (κ2) is 7.32. The van der Waals surface area contributed by atoms with Gasteiger partial charge < -0.3 is 10.6 Å². The van der Waals surface area contributed by atoms with Crippen LogP contribution in [0.2, 0.25) is 0 Å². The van der Waals surface area contributed by atoms with Crippen LogP contribution < -0.4 is 10.6 Å². The van der Waals surface area contributed by atoms with Crippen LogP contribution in [0.4, 0.5) is 21.7 Å². The summed E-state index contributed by atoms with van der Waals surface area (Å²) in [5, 5.41) is 13.6. The standard InChI is InChI=1S/C18H15FN4O/c19-14-6-8-15(9-7-14)20-16-10-11-17(23-22-16)21-18(24)12-13-4-2-1-3-5-13/h1-11H,12H2,(H,20,22)(H,21,23,24). The van der Waals surface area contributed by atoms with E-state index < -0.39 is 0 Å². The Kier molecular flexibility index (Phi) is 4.76. The highest BCUT2D eigenvalue weighted by Crippen LogP contribution is 2.15. The maximum absolute atomic E-state index is 12.9. The molecule has 0 bridgehead atoms. The number of halogens is 1. The number of anilines is 3. The van der Waals surface area contributed by atoms with Crippen molar-refractivity contribution in [2.45, 2.75) is 6.42 Å². The van der Waals surface area contributed by atoms with E-state index in [0.717, 1.165) is 5.56 Å². The highest BCUT2D eigenvalue weighted by molar-refractivity contribution is 5.91. The van der Waals surface area contributed by atoms with Crippen LogP contribution in [0.3, 0.4) is 0 Å². The fourth-order valence-corrected chi connectivity index (χ4v) is 2.12. The molecule has 0 aliphatic heterocycles. The zero-order valence-electron chi connectivity index (χ0n) is 12.7. The predicted molar refractivity (Wildman–Crippen MR) is 90.5 cm³/mol. The number of nitrogens with one attached hydrogen (secondary N) is 2. The van der Waals surface area contributed by atoms with Crippen LogP contribution in [0.5, 0.6) is 0 Å². The SMILES string of the molecule is O=C(Cc1ccccc1)Nc1ccc(Nc2ccc(F)cc2)nn1. The minimum absolute atomic E-state index is 0.158. The first-order valence-electron chi connectivity index (χ1n) is 7.39. The van der Waals surface area contributed by atoms with Crippen molar-refractivity contribution in [2.24, 2.45) is 0 Å². The van der Waals surface area contributed by atoms with Gasteiger partial charge in [-0.2, -0.15) is 0 Å². The van der Waals surface area contributed by atoms with Gasteiger partial charge in [0.2, 0.25) is 5.91 Å². The molecule has 0 spiro atoms. The molecule has 5 nitrogen and oxygen atoms in total. The number of hydrogen-bond acceptors (Lipinski definition) is 4. The molecule has 0 fully saturated rings. The van der Waals surface area contributed by atoms with E-state index in [4.69, 9.17) is 0 Å². The minimum atomic E-state index is -0.303. The maximum Gasteiger partial charge on any atom is 0.229 e. The van der Waals surface area contributed by atoms with Gasteiger partial charge in [-0.25, -0.2) is 4.39 Å². The molecule has 1 heterocycles. The third-order valence-electron chi connectivity index (χ3n) is 3.26. The average Bonchev–Trinajstić information content (AvgIpc) is 2.59. The molecular weight excluding hydrogens is 307 g/mol. The van der Waals surface area contributed by atoms with Crippen molar-refractivity contribution in [2.75, 3.05) is 10.6 Å². The third kappa shape index (κ3) is 4.36. The fourth-order valence-electron chi connectivity index (χ4n) is 2.12. The van der Waals surface area contributed by atoms with E-state index in [1.807, 2.05) is 30.3 Å². The van der Waals surface area contributed by atoms with Gasteiger partial charge in [0.25, 0.3) is 0 Å². The van der Waals surface area contributed by atoms with Crippen molar-refractivity contribution >= 4 is 23.2 Å². The van der Waals surface area contributed by atoms with Gasteiger partial charge in [-0.05, 0) is 42.0 Å². The molecule has 24 heavy (non-hydrogen) atoms. The molecule has 0 aliphatic rings. The van der Waals surface area contributed by atoms with E-state index in [2.05, 4.69) is 20.8 Å². The Labute approximate surface area is 138 Å². The monoisotopic (exact) mass is 322 g/mol. The summed E-state index contributed by atoms with van der Waals surface area (Å²) in [6.07, 6.45) is 0.276. The van der Waals surface area contributed by atoms with Crippen LogP contribution in [-0.2, 0) is 11.2 Å². The van der Waals surface area contributed by atoms with E-state index in [-0.39, 0.29) is 18.1 Å². The van der Waals surface area contributed by atoms with E-state index in [1.165, 1.54) is 12.1 Å². The summed E-state index contributed by atoms with van der Waals surface area (Å²) in [6.45, 7) is 0. The third-order valence-corrected chi connectivity index (χ3v) is 3.26. The lowest BCUT2D eigenvalue weighted by atomic mass is 10.1. The summed E-state index contributed by atoms with van der Waals surface area (Å²) in [4.78, 5) is 12.0. The van der Waals surface area contributed by atoms with Crippen molar-refractivity contribution in [1.82, 2.24) is 10.2 Å². The number of hydrogen-bond donors (Lipinski definition) is 2. The van der Waals surface area contributed by atoms with Crippen molar-refractivity contribution in [3.05, 3.63) is 78.1 Å². The van der Waals surface area contributed by atoms with Gasteiger partial charge in [0.1, 0.15) is 5.82 Å². The lowest BCUT2D eigenvalue weighted by molar-refractivity contribution is -0.115. The minimum Gasteiger partial charge on any atom is -0.339 e. The summed E-state index contributed by atoms with van der Waals surface area (Å²) in [5.74, 6) is 0.418. The van der Waals surface area contributed by atoms with Gasteiger partial charge >= 0.3 is 0 Å². The zero-order valence-corrected chi connectivity index (χ0v) is 12.7. The average molecular weight is 322 g/mol. The van der Waals surface area contributed by atoms with Crippen LogP contribution in [0.15, 0.2) is 66.7 Å². The number of benzene rings is 2. The molecule has 3 aromatic rings. The Balaban J connectivity index is 1.58. The number of nitrogens with zero attached hydrogens (tertiary/aromatic N) is 2. The molecule has 2 N–H and O–H groups in total. The smallest absolute Gasteiger partial charge is 0.229 e. The second-order valence-corrected chi connectivity index (χ2v) is 5.15. The lowest BCUT2D eigenvalue weighted by Gasteiger charge is -2.07. The molecule has 120 valence electrons. The van der Waals surface area contributed by atoms with Crippen LogP contribution in [0.1, 0.15) is 5.56 Å². The van der Waals surface area contributed by atoms with Crippen LogP contribution >= 0.6 is 0 Å². The first kappa shape index (κ1) is 15.6. The molecule has 1 aromatic heterocycles. The van der Waals surface area contributed by atoms with E-state index in [0.29, 0.717) is 17.3 Å². The molecule has 0 atom stereocenters. The molecular formula is C18H15FN4O. The Morgan fingerprint density at radius 1 is 0.875 bits per heavy atom. The summed E-state index contributed by atoms with van der Waals surface area (Å²) in [5.41, 5.74) is 1.63. The van der Waals surface area contributed by atoms with Crippen LogP contribution in [0, 0.1) is 5.82 Å². The fraction of sp³-hybridized carbons (Fsp3) is 0.0556. The van der Waals surface area contributed by atoms with Gasteiger partial charge in [0.05, 0.1) is 6.42 Å². The first-order chi connectivity index (χ1) is 11.7. The molecule has 0 aliphatic carbocycles. The van der Waals surface area contributed by atoms with Gasteiger partial charge in [0.15, 0.2) is 11.6 Å². The summed E-state index contributed by atoms with van der Waals surface area (Å²) in [6, 6.07) is 18.7. The highest BCUT2D eigenvalue weighted by atomic mass is 19.1. The van der Waals surface area contributed by atoms with Gasteiger partial charge in [-0.15, -0.1) is 10.2 Å². The molecule has 0 unspecified atom stereocenters. The molecule has 2 aromatic carbocycles. The number of aromatic nitrogens is 2. The van der Waals surface area contributed by atoms with E-state index >= 15 is 0 Å². The Morgan fingerprint density at radius 2 is 1.54 bits per heavy atom. The Morgan fingerprint density at radius 3 is 2.21 bits per heavy atom. The molecule has 1 amide bonds. The first-order valence-corrected chi connectivity index (χ1v) is 7.39. The van der Waals surface area contributed by atoms with E-state index in [1.54, 1.807) is 24.3 Å². The van der Waals surface area contributed by atoms with E-state index in [9.17, 15) is 9.18 Å². The Bertz CT molecular complexity index is 805. The van der Waals surface area contributed by atoms with Gasteiger partial charge in [0, 0.05) is 5.69 Å². The number of amides is 1. The summed E-state index contributed by atoms with van der Waals surface area (Å²) in [7, 11) is 0. The van der Waals surface area contributed by atoms with Crippen molar-refractivity contribution < 1.29 is 9.18 Å². The number of rotatable bonds is 5. The molecule has 0 saturated carbocycles. The van der Waals surface area contributed by atoms with Gasteiger partial charge in [-0.3, -0.25) is 4.79 Å². The lowest BCUT2D eigenvalue weighted by Crippen LogP contribution is -2.15. The molecule has 0 saturated heterocycles. The van der Waals surface area contributed by atoms with Crippen molar-refractivity contribution in [3.63, 3.8) is 0 Å².